The molecule has 0 fully saturated rings. The second-order valence-electron chi connectivity index (χ2n) is 3.17. The first-order chi connectivity index (χ1) is 6.40. The Morgan fingerprint density at radius 3 is 1.71 bits per heavy atom. The first kappa shape index (κ1) is 19.1. The molecule has 0 aromatic rings. The van der Waals surface area contributed by atoms with Gasteiger partial charge in [-0.15, -0.1) is 0 Å². The lowest BCUT2D eigenvalue weighted by Gasteiger charge is -2.20. The van der Waals surface area contributed by atoms with E-state index in [1.165, 1.54) is 0 Å². The number of hydrogen-bond acceptors (Lipinski definition) is 3. The van der Waals surface area contributed by atoms with Gasteiger partial charge in [0.25, 0.3) is 0 Å². The van der Waals surface area contributed by atoms with Crippen molar-refractivity contribution < 1.29 is 5.11 Å². The predicted octanol–water partition coefficient (Wildman–Crippen LogP) is 1.87. The molecular formula is C11H28N2O. The van der Waals surface area contributed by atoms with E-state index in [9.17, 15) is 0 Å². The van der Waals surface area contributed by atoms with E-state index in [2.05, 4.69) is 11.9 Å². The van der Waals surface area contributed by atoms with Gasteiger partial charge in [-0.05, 0) is 20.3 Å². The molecule has 0 heterocycles. The van der Waals surface area contributed by atoms with E-state index >= 15 is 0 Å². The number of likely N-dealkylation sites (N-methyl/N-ethyl adjacent to an activating group) is 1. The number of aliphatic hydroxyl groups excluding tert-OH is 1. The van der Waals surface area contributed by atoms with Crippen LogP contribution in [-0.4, -0.2) is 24.3 Å². The van der Waals surface area contributed by atoms with Crippen molar-refractivity contribution >= 4 is 0 Å². The largest absolute Gasteiger partial charge is 0.396 e. The Labute approximate surface area is 89.4 Å². The van der Waals surface area contributed by atoms with E-state index in [0.717, 1.165) is 12.1 Å². The van der Waals surface area contributed by atoms with Crippen molar-refractivity contribution in [3.05, 3.63) is 12.3 Å². The van der Waals surface area contributed by atoms with Crippen LogP contribution in [0.4, 0.5) is 0 Å². The maximum absolute atomic E-state index is 7.88. The van der Waals surface area contributed by atoms with E-state index in [4.69, 9.17) is 10.8 Å². The Bertz CT molecular complexity index is 115. The van der Waals surface area contributed by atoms with Crippen LogP contribution in [0.1, 0.15) is 41.0 Å². The highest BCUT2D eigenvalue weighted by atomic mass is 16.2. The van der Waals surface area contributed by atoms with E-state index in [0.29, 0.717) is 6.61 Å². The molecule has 0 aromatic heterocycles. The molecule has 0 spiro atoms. The fraction of sp³-hybridized carbons (Fsp3) is 0.818. The van der Waals surface area contributed by atoms with Crippen molar-refractivity contribution in [1.29, 1.82) is 0 Å². The molecule has 0 saturated heterocycles. The average molecular weight is 204 g/mol. The Morgan fingerprint density at radius 1 is 1.43 bits per heavy atom. The minimum absolute atomic E-state index is 0.297. The highest BCUT2D eigenvalue weighted by molar-refractivity contribution is 5.07. The van der Waals surface area contributed by atoms with Gasteiger partial charge in [-0.2, -0.15) is 0 Å². The van der Waals surface area contributed by atoms with Crippen molar-refractivity contribution in [1.82, 2.24) is 5.32 Å². The van der Waals surface area contributed by atoms with Crippen LogP contribution >= 0.6 is 0 Å². The number of nitrogens with one attached hydrogen (secondary N) is 1. The van der Waals surface area contributed by atoms with Crippen LogP contribution in [0.2, 0.25) is 0 Å². The van der Waals surface area contributed by atoms with Gasteiger partial charge >= 0.3 is 0 Å². The third-order valence-electron chi connectivity index (χ3n) is 1.30. The molecule has 0 aliphatic rings. The fourth-order valence-corrected chi connectivity index (χ4v) is 0.322. The molecule has 0 bridgehead atoms. The van der Waals surface area contributed by atoms with Gasteiger partial charge in [0, 0.05) is 24.9 Å². The van der Waals surface area contributed by atoms with Crippen LogP contribution in [0, 0.1) is 0 Å². The molecule has 14 heavy (non-hydrogen) atoms. The van der Waals surface area contributed by atoms with Gasteiger partial charge in [-0.25, -0.2) is 0 Å². The molecule has 0 atom stereocenters. The monoisotopic (exact) mass is 204 g/mol. The number of rotatable bonds is 3. The number of hydrogen-bond donors (Lipinski definition) is 3. The first-order valence-corrected chi connectivity index (χ1v) is 5.17. The molecule has 0 aliphatic carbocycles. The van der Waals surface area contributed by atoms with Crippen LogP contribution in [0.15, 0.2) is 12.3 Å². The smallest absolute Gasteiger partial charge is 0.0494 e. The standard InChI is InChI=1S/C6H14N2.C3H8O.C2H6/c1-5(8-4)6(2,3)7;1-2-3-4;1-2/h8H,1,7H2,2-4H3;4H,2-3H2,1H3;1-2H3. The summed E-state index contributed by atoms with van der Waals surface area (Å²) in [4.78, 5) is 0. The lowest BCUT2D eigenvalue weighted by molar-refractivity contribution is 0.295. The van der Waals surface area contributed by atoms with Gasteiger partial charge in [0.1, 0.15) is 0 Å². The average Bonchev–Trinajstić information content (AvgIpc) is 2.18. The quantitative estimate of drug-likeness (QED) is 0.658. The Morgan fingerprint density at radius 2 is 1.71 bits per heavy atom. The minimum Gasteiger partial charge on any atom is -0.396 e. The molecule has 0 aliphatic heterocycles. The molecule has 0 aromatic carbocycles. The molecular weight excluding hydrogens is 176 g/mol. The second kappa shape index (κ2) is 12.5. The molecule has 0 radical (unpaired) electrons. The van der Waals surface area contributed by atoms with Gasteiger partial charge in [0.15, 0.2) is 0 Å². The van der Waals surface area contributed by atoms with E-state index < -0.39 is 0 Å². The van der Waals surface area contributed by atoms with Crippen molar-refractivity contribution in [2.24, 2.45) is 5.73 Å². The Kier molecular flexibility index (Phi) is 17.0. The van der Waals surface area contributed by atoms with Crippen LogP contribution in [0.5, 0.6) is 0 Å². The van der Waals surface area contributed by atoms with Crippen molar-refractivity contribution in [2.75, 3.05) is 13.7 Å². The van der Waals surface area contributed by atoms with Gasteiger partial charge in [-0.1, -0.05) is 27.4 Å². The summed E-state index contributed by atoms with van der Waals surface area (Å²) < 4.78 is 0. The Hall–Kier alpha value is -0.540. The van der Waals surface area contributed by atoms with Gasteiger partial charge in [-0.3, -0.25) is 0 Å². The summed E-state index contributed by atoms with van der Waals surface area (Å²) in [5.74, 6) is 0. The van der Waals surface area contributed by atoms with Gasteiger partial charge < -0.3 is 16.2 Å². The zero-order valence-corrected chi connectivity index (χ0v) is 10.6. The lowest BCUT2D eigenvalue weighted by atomic mass is 10.0. The van der Waals surface area contributed by atoms with Crippen molar-refractivity contribution in [3.63, 3.8) is 0 Å². The normalized spacial score (nSPS) is 8.86. The van der Waals surface area contributed by atoms with Gasteiger partial charge in [0.2, 0.25) is 0 Å². The molecule has 0 rings (SSSR count). The van der Waals surface area contributed by atoms with E-state index in [-0.39, 0.29) is 5.54 Å². The summed E-state index contributed by atoms with van der Waals surface area (Å²) in [7, 11) is 1.82. The SMILES string of the molecule is C=C(NC)C(C)(C)N.CC.CCCO. The molecule has 88 valence electrons. The van der Waals surface area contributed by atoms with E-state index in [1.807, 2.05) is 41.7 Å². The molecule has 0 saturated carbocycles. The van der Waals surface area contributed by atoms with Crippen molar-refractivity contribution in [3.8, 4) is 0 Å². The van der Waals surface area contributed by atoms with Crippen molar-refractivity contribution in [2.45, 2.75) is 46.6 Å². The molecule has 3 heteroatoms. The van der Waals surface area contributed by atoms with Crippen LogP contribution in [-0.2, 0) is 0 Å². The minimum atomic E-state index is -0.297. The lowest BCUT2D eigenvalue weighted by Crippen LogP contribution is -2.38. The van der Waals surface area contributed by atoms with Crippen LogP contribution in [0.3, 0.4) is 0 Å². The summed E-state index contributed by atoms with van der Waals surface area (Å²) in [6.07, 6.45) is 0.875. The zero-order valence-electron chi connectivity index (χ0n) is 10.6. The third kappa shape index (κ3) is 17.5. The summed E-state index contributed by atoms with van der Waals surface area (Å²) in [6.45, 7) is 13.8. The summed E-state index contributed by atoms with van der Waals surface area (Å²) in [6, 6.07) is 0. The zero-order chi connectivity index (χ0) is 12.2. The topological polar surface area (TPSA) is 58.3 Å². The highest BCUT2D eigenvalue weighted by Gasteiger charge is 2.12. The van der Waals surface area contributed by atoms with Crippen LogP contribution in [0.25, 0.3) is 0 Å². The summed E-state index contributed by atoms with van der Waals surface area (Å²) in [5, 5.41) is 10.8. The number of nitrogens with two attached hydrogens (primary N) is 1. The second-order valence-corrected chi connectivity index (χ2v) is 3.17. The first-order valence-electron chi connectivity index (χ1n) is 5.17. The highest BCUT2D eigenvalue weighted by Crippen LogP contribution is 2.04. The third-order valence-corrected chi connectivity index (χ3v) is 1.30. The maximum Gasteiger partial charge on any atom is 0.0494 e. The molecule has 3 nitrogen and oxygen atoms in total. The predicted molar refractivity (Wildman–Crippen MR) is 65.2 cm³/mol. The van der Waals surface area contributed by atoms with E-state index in [1.54, 1.807) is 0 Å². The maximum atomic E-state index is 7.88. The van der Waals surface area contributed by atoms with Gasteiger partial charge in [0.05, 0.1) is 0 Å². The number of aliphatic hydroxyl groups is 1. The summed E-state index contributed by atoms with van der Waals surface area (Å²) >= 11 is 0. The summed E-state index contributed by atoms with van der Waals surface area (Å²) in [5.41, 5.74) is 6.19. The molecule has 0 unspecified atom stereocenters. The fourth-order valence-electron chi connectivity index (χ4n) is 0.322. The molecule has 4 N–H and O–H groups in total. The van der Waals surface area contributed by atoms with Crippen LogP contribution < -0.4 is 11.1 Å². The molecule has 0 amide bonds. The Balaban J connectivity index is -0.000000170.